The number of aliphatic hydroxyl groups is 1. The fraction of sp³-hybridized carbons (Fsp3) is 0.484. The van der Waals surface area contributed by atoms with E-state index in [0.717, 1.165) is 40.9 Å². The number of hydrogen-bond donors (Lipinski definition) is 2. The second-order valence-corrected chi connectivity index (χ2v) is 10.8. The molecule has 2 N–H and O–H groups in total. The summed E-state index contributed by atoms with van der Waals surface area (Å²) in [4.78, 5) is 98.4. The van der Waals surface area contributed by atoms with Crippen LogP contribution in [0.1, 0.15) is 46.6 Å². The number of benzene rings is 1. The third kappa shape index (κ3) is 10.3. The number of esters is 6. The van der Waals surface area contributed by atoms with Gasteiger partial charge in [0.1, 0.15) is 30.1 Å². The Hall–Kier alpha value is -5.36. The largest absolute Gasteiger partial charge is 0.465 e. The normalized spacial score (nSPS) is 21.3. The third-order valence-corrected chi connectivity index (χ3v) is 6.89. The maximum atomic E-state index is 13.7. The number of ether oxygens (including phenoxy) is 7. The van der Waals surface area contributed by atoms with Crippen LogP contribution < -0.4 is 15.7 Å². The summed E-state index contributed by atoms with van der Waals surface area (Å²) in [5, 5.41) is 14.1. The lowest BCUT2D eigenvalue weighted by molar-refractivity contribution is -0.299. The van der Waals surface area contributed by atoms with Gasteiger partial charge in [0, 0.05) is 52.1 Å². The Morgan fingerprint density at radius 2 is 1.61 bits per heavy atom. The molecule has 1 aliphatic rings. The molecule has 266 valence electrons. The van der Waals surface area contributed by atoms with Crippen LogP contribution in [-0.2, 0) is 68.4 Å². The van der Waals surface area contributed by atoms with Crippen molar-refractivity contribution in [1.29, 1.82) is 0 Å². The topological polar surface area (TPSA) is 247 Å². The molecule has 1 aliphatic heterocycles. The van der Waals surface area contributed by atoms with E-state index in [2.05, 4.69) is 10.1 Å². The van der Waals surface area contributed by atoms with Crippen molar-refractivity contribution >= 4 is 52.7 Å². The first-order chi connectivity index (χ1) is 22.9. The highest BCUT2D eigenvalue weighted by molar-refractivity contribution is 5.88. The van der Waals surface area contributed by atoms with E-state index < -0.39 is 103 Å². The van der Waals surface area contributed by atoms with Gasteiger partial charge in [0.25, 0.3) is 5.79 Å². The Morgan fingerprint density at radius 1 is 0.939 bits per heavy atom. The molecule has 49 heavy (non-hydrogen) atoms. The first kappa shape index (κ1) is 38.1. The van der Waals surface area contributed by atoms with Gasteiger partial charge in [0.05, 0.1) is 26.0 Å². The average Bonchev–Trinajstić information content (AvgIpc) is 2.97. The van der Waals surface area contributed by atoms with Gasteiger partial charge in [-0.1, -0.05) is 0 Å². The van der Waals surface area contributed by atoms with E-state index in [9.17, 15) is 43.5 Å². The molecule has 4 unspecified atom stereocenters. The standard InChI is InChI=1S/C31H35NO17/c1-14(33)43-13-24(46-17(4)36)28(47-18(5)37)29-27(23(45-16(3)35)12-31(41,49-29)30(40)42-6)32-25(38)9-19-10-26(39)48-22-11-20(44-15(2)34)7-8-21(19)22/h7-8,10-11,23-24,27-29,41H,9,12-13H2,1-6H3,(H,32,38)/t23?,24-,27?,28-,29?,31?/m1/s1. The van der Waals surface area contributed by atoms with Crippen molar-refractivity contribution in [2.24, 2.45) is 0 Å². The summed E-state index contributed by atoms with van der Waals surface area (Å²) in [5.74, 6) is -9.30. The molecular weight excluding hydrogens is 658 g/mol. The zero-order chi connectivity index (χ0) is 36.6. The highest BCUT2D eigenvalue weighted by atomic mass is 16.7. The lowest BCUT2D eigenvalue weighted by Crippen LogP contribution is -2.69. The number of hydrogen-bond acceptors (Lipinski definition) is 17. The quantitative estimate of drug-likeness (QED) is 0.126. The van der Waals surface area contributed by atoms with Crippen molar-refractivity contribution in [2.75, 3.05) is 13.7 Å². The van der Waals surface area contributed by atoms with Gasteiger partial charge in [-0.3, -0.25) is 28.8 Å². The molecule has 1 fully saturated rings. The molecule has 1 aromatic heterocycles. The summed E-state index contributed by atoms with van der Waals surface area (Å²) in [6, 6.07) is 3.60. The third-order valence-electron chi connectivity index (χ3n) is 6.89. The van der Waals surface area contributed by atoms with Crippen molar-refractivity contribution in [1.82, 2.24) is 5.32 Å². The number of carbonyl (C=O) groups excluding carboxylic acids is 7. The fourth-order valence-corrected chi connectivity index (χ4v) is 5.17. The van der Waals surface area contributed by atoms with Gasteiger partial charge < -0.3 is 48.0 Å². The van der Waals surface area contributed by atoms with Crippen molar-refractivity contribution in [3.63, 3.8) is 0 Å². The molecule has 3 rings (SSSR count). The minimum Gasteiger partial charge on any atom is -0.465 e. The van der Waals surface area contributed by atoms with E-state index in [1.807, 2.05) is 0 Å². The predicted molar refractivity (Wildman–Crippen MR) is 159 cm³/mol. The van der Waals surface area contributed by atoms with Gasteiger partial charge in [-0.05, 0) is 17.7 Å². The first-order valence-corrected chi connectivity index (χ1v) is 14.6. The monoisotopic (exact) mass is 693 g/mol. The van der Waals surface area contributed by atoms with Crippen LogP contribution in [0.25, 0.3) is 11.0 Å². The molecule has 0 aliphatic carbocycles. The summed E-state index contributed by atoms with van der Waals surface area (Å²) in [5.41, 5.74) is -0.719. The van der Waals surface area contributed by atoms with Crippen LogP contribution in [0.2, 0.25) is 0 Å². The van der Waals surface area contributed by atoms with Gasteiger partial charge in [-0.2, -0.15) is 0 Å². The minimum absolute atomic E-state index is 0.0153. The van der Waals surface area contributed by atoms with E-state index >= 15 is 0 Å². The number of nitrogens with one attached hydrogen (secondary N) is 1. The minimum atomic E-state index is -2.87. The summed E-state index contributed by atoms with van der Waals surface area (Å²) in [6.45, 7) is 4.47. The number of fused-ring (bicyclic) bond motifs is 1. The van der Waals surface area contributed by atoms with Gasteiger partial charge >= 0.3 is 41.4 Å². The summed E-state index contributed by atoms with van der Waals surface area (Å²) < 4.78 is 41.7. The van der Waals surface area contributed by atoms with Crippen LogP contribution in [0.15, 0.2) is 33.5 Å². The van der Waals surface area contributed by atoms with Crippen LogP contribution >= 0.6 is 0 Å². The van der Waals surface area contributed by atoms with Crippen molar-refractivity contribution in [2.45, 2.75) is 83.7 Å². The highest BCUT2D eigenvalue weighted by Crippen LogP contribution is 2.35. The van der Waals surface area contributed by atoms with Crippen molar-refractivity contribution < 1.29 is 76.2 Å². The van der Waals surface area contributed by atoms with Crippen molar-refractivity contribution in [3.05, 3.63) is 40.2 Å². The summed E-state index contributed by atoms with van der Waals surface area (Å²) in [7, 11) is 0.926. The molecule has 1 aromatic carbocycles. The lowest BCUT2D eigenvalue weighted by Gasteiger charge is -2.47. The van der Waals surface area contributed by atoms with Crippen molar-refractivity contribution in [3.8, 4) is 5.75 Å². The molecule has 0 saturated carbocycles. The zero-order valence-corrected chi connectivity index (χ0v) is 27.3. The maximum absolute atomic E-state index is 13.7. The molecule has 1 amide bonds. The van der Waals surface area contributed by atoms with Crippen LogP contribution in [-0.4, -0.2) is 96.8 Å². The SMILES string of the molecule is COC(=O)C1(O)CC(OC(C)=O)C(NC(=O)Cc2cc(=O)oc3cc(OC(C)=O)ccc23)C([C@H](OC(C)=O)[C@@H](COC(C)=O)OC(C)=O)O1. The molecule has 1 saturated heterocycles. The van der Waals surface area contributed by atoms with E-state index in [1.54, 1.807) is 0 Å². The maximum Gasteiger partial charge on any atom is 0.366 e. The highest BCUT2D eigenvalue weighted by Gasteiger charge is 2.57. The van der Waals surface area contributed by atoms with Crippen LogP contribution in [0, 0.1) is 0 Å². The molecule has 0 bridgehead atoms. The Bertz CT molecular complexity index is 1680. The number of methoxy groups -OCH3 is 1. The Balaban J connectivity index is 2.12. The molecule has 2 heterocycles. The molecule has 0 spiro atoms. The second kappa shape index (κ2) is 16.2. The van der Waals surface area contributed by atoms with E-state index in [0.29, 0.717) is 0 Å². The van der Waals surface area contributed by atoms with E-state index in [-0.39, 0.29) is 22.3 Å². The van der Waals surface area contributed by atoms with E-state index in [4.69, 9.17) is 32.8 Å². The predicted octanol–water partition coefficient (Wildman–Crippen LogP) is -0.246. The van der Waals surface area contributed by atoms with Crippen LogP contribution in [0.4, 0.5) is 0 Å². The average molecular weight is 694 g/mol. The Labute approximate surface area is 277 Å². The molecule has 0 radical (unpaired) electrons. The summed E-state index contributed by atoms with van der Waals surface area (Å²) >= 11 is 0. The second-order valence-electron chi connectivity index (χ2n) is 10.8. The lowest BCUT2D eigenvalue weighted by atomic mass is 9.88. The van der Waals surface area contributed by atoms with Gasteiger partial charge in [0.2, 0.25) is 5.91 Å². The molecular formula is C31H35NO17. The molecule has 6 atom stereocenters. The summed E-state index contributed by atoms with van der Waals surface area (Å²) in [6.07, 6.45) is -8.25. The number of carbonyl (C=O) groups is 7. The molecule has 18 nitrogen and oxygen atoms in total. The Kier molecular flexibility index (Phi) is 12.6. The van der Waals surface area contributed by atoms with Gasteiger partial charge in [-0.15, -0.1) is 0 Å². The van der Waals surface area contributed by atoms with Gasteiger partial charge in [-0.25, -0.2) is 9.59 Å². The Morgan fingerprint density at radius 3 is 2.18 bits per heavy atom. The smallest absolute Gasteiger partial charge is 0.366 e. The fourth-order valence-electron chi connectivity index (χ4n) is 5.17. The van der Waals surface area contributed by atoms with E-state index in [1.165, 1.54) is 25.1 Å². The molecule has 2 aromatic rings. The molecule has 18 heteroatoms. The first-order valence-electron chi connectivity index (χ1n) is 14.6. The van der Waals surface area contributed by atoms with Gasteiger partial charge in [0.15, 0.2) is 12.2 Å². The zero-order valence-electron chi connectivity index (χ0n) is 27.3. The number of amides is 1. The van der Waals surface area contributed by atoms with Crippen LogP contribution in [0.3, 0.4) is 0 Å². The van der Waals surface area contributed by atoms with Crippen LogP contribution in [0.5, 0.6) is 5.75 Å². The number of rotatable bonds is 12.